The Balaban J connectivity index is 2.79. The van der Waals surface area contributed by atoms with E-state index in [9.17, 15) is 13.2 Å². The third-order valence-electron chi connectivity index (χ3n) is 1.86. The molecular formula is C9H11ClF3N3. The van der Waals surface area contributed by atoms with Crippen molar-refractivity contribution in [3.8, 4) is 0 Å². The minimum atomic E-state index is -4.45. The smallest absolute Gasteiger partial charge is 0.357 e. The summed E-state index contributed by atoms with van der Waals surface area (Å²) in [6.07, 6.45) is -4.45. The number of nitrogens with zero attached hydrogens (tertiary/aromatic N) is 3. The molecule has 90 valence electrons. The molecule has 0 fully saturated rings. The fourth-order valence-electron chi connectivity index (χ4n) is 1.15. The molecule has 1 atom stereocenters. The first-order valence-corrected chi connectivity index (χ1v) is 5.00. The van der Waals surface area contributed by atoms with Crippen molar-refractivity contribution in [2.75, 3.05) is 18.5 Å². The van der Waals surface area contributed by atoms with Gasteiger partial charge in [0.1, 0.15) is 0 Å². The van der Waals surface area contributed by atoms with E-state index in [1.54, 1.807) is 18.9 Å². The van der Waals surface area contributed by atoms with Gasteiger partial charge in [0, 0.05) is 19.0 Å². The van der Waals surface area contributed by atoms with Crippen molar-refractivity contribution < 1.29 is 13.2 Å². The zero-order valence-electron chi connectivity index (χ0n) is 8.79. The largest absolute Gasteiger partial charge is 0.435 e. The van der Waals surface area contributed by atoms with Crippen molar-refractivity contribution in [1.29, 1.82) is 0 Å². The number of anilines is 1. The van der Waals surface area contributed by atoms with Gasteiger partial charge in [0.25, 0.3) is 0 Å². The Labute approximate surface area is 96.2 Å². The molecule has 1 heterocycles. The molecule has 0 aromatic carbocycles. The lowest BCUT2D eigenvalue weighted by atomic mass is 10.3. The Kier molecular flexibility index (Phi) is 3.96. The van der Waals surface area contributed by atoms with Crippen molar-refractivity contribution in [3.05, 3.63) is 17.8 Å². The van der Waals surface area contributed by atoms with Crippen LogP contribution in [0, 0.1) is 0 Å². The number of alkyl halides is 4. The van der Waals surface area contributed by atoms with E-state index in [2.05, 4.69) is 10.2 Å². The number of halogens is 4. The summed E-state index contributed by atoms with van der Waals surface area (Å²) < 4.78 is 36.6. The van der Waals surface area contributed by atoms with E-state index < -0.39 is 11.9 Å². The van der Waals surface area contributed by atoms with E-state index in [-0.39, 0.29) is 5.38 Å². The first-order chi connectivity index (χ1) is 7.30. The predicted molar refractivity (Wildman–Crippen MR) is 55.6 cm³/mol. The van der Waals surface area contributed by atoms with Gasteiger partial charge >= 0.3 is 6.18 Å². The molecular weight excluding hydrogens is 243 g/mol. The number of hydrogen-bond acceptors (Lipinski definition) is 3. The lowest BCUT2D eigenvalue weighted by molar-refractivity contribution is -0.141. The molecule has 3 nitrogen and oxygen atoms in total. The maximum Gasteiger partial charge on any atom is 0.435 e. The minimum absolute atomic E-state index is 0.117. The number of rotatable bonds is 3. The average molecular weight is 254 g/mol. The van der Waals surface area contributed by atoms with E-state index in [1.165, 1.54) is 6.07 Å². The summed E-state index contributed by atoms with van der Waals surface area (Å²) in [5, 5.41) is 6.50. The summed E-state index contributed by atoms with van der Waals surface area (Å²) in [5.74, 6) is 0.362. The summed E-state index contributed by atoms with van der Waals surface area (Å²) in [4.78, 5) is 1.64. The van der Waals surface area contributed by atoms with Crippen molar-refractivity contribution in [3.63, 3.8) is 0 Å². The van der Waals surface area contributed by atoms with Crippen molar-refractivity contribution >= 4 is 17.4 Å². The molecule has 7 heteroatoms. The Morgan fingerprint density at radius 1 is 1.38 bits per heavy atom. The molecule has 0 aliphatic heterocycles. The fourth-order valence-corrected chi connectivity index (χ4v) is 1.36. The van der Waals surface area contributed by atoms with E-state index in [0.29, 0.717) is 12.4 Å². The molecule has 0 amide bonds. The first-order valence-electron chi connectivity index (χ1n) is 4.57. The van der Waals surface area contributed by atoms with Crippen LogP contribution in [0.2, 0.25) is 0 Å². The molecule has 0 N–H and O–H groups in total. The zero-order valence-corrected chi connectivity index (χ0v) is 9.55. The summed E-state index contributed by atoms with van der Waals surface area (Å²) in [6, 6.07) is 2.17. The van der Waals surface area contributed by atoms with E-state index in [1.807, 2.05) is 0 Å². The highest BCUT2D eigenvalue weighted by Crippen LogP contribution is 2.27. The first kappa shape index (κ1) is 13.0. The van der Waals surface area contributed by atoms with E-state index in [0.717, 1.165) is 6.07 Å². The third kappa shape index (κ3) is 3.52. The molecule has 0 bridgehead atoms. The van der Waals surface area contributed by atoms with Gasteiger partial charge in [-0.05, 0) is 19.1 Å². The summed E-state index contributed by atoms with van der Waals surface area (Å²) in [5.41, 5.74) is -0.997. The summed E-state index contributed by atoms with van der Waals surface area (Å²) >= 11 is 5.76. The topological polar surface area (TPSA) is 29.0 Å². The van der Waals surface area contributed by atoms with Gasteiger partial charge in [0.05, 0.1) is 0 Å². The van der Waals surface area contributed by atoms with Gasteiger partial charge in [-0.2, -0.15) is 13.2 Å². The van der Waals surface area contributed by atoms with Gasteiger partial charge in [-0.3, -0.25) is 0 Å². The Morgan fingerprint density at radius 3 is 2.38 bits per heavy atom. The second-order valence-electron chi connectivity index (χ2n) is 3.44. The van der Waals surface area contributed by atoms with Gasteiger partial charge in [0.15, 0.2) is 11.5 Å². The molecule has 0 aliphatic carbocycles. The van der Waals surface area contributed by atoms with Crippen molar-refractivity contribution in [2.45, 2.75) is 18.5 Å². The second-order valence-corrected chi connectivity index (χ2v) is 4.18. The standard InChI is InChI=1S/C9H11ClF3N3/c1-6(10)5-16(2)8-4-3-7(14-15-8)9(11,12)13/h3-4,6H,5H2,1-2H3. The molecule has 0 radical (unpaired) electrons. The van der Waals surface area contributed by atoms with Crippen LogP contribution < -0.4 is 4.90 Å². The highest BCUT2D eigenvalue weighted by atomic mass is 35.5. The van der Waals surface area contributed by atoms with Crippen molar-refractivity contribution in [1.82, 2.24) is 10.2 Å². The molecule has 0 saturated heterocycles. The molecule has 16 heavy (non-hydrogen) atoms. The average Bonchev–Trinajstić information content (AvgIpc) is 2.15. The van der Waals surface area contributed by atoms with Crippen LogP contribution in [-0.4, -0.2) is 29.2 Å². The van der Waals surface area contributed by atoms with Gasteiger partial charge < -0.3 is 4.90 Å². The van der Waals surface area contributed by atoms with Crippen LogP contribution in [0.25, 0.3) is 0 Å². The van der Waals surface area contributed by atoms with Gasteiger partial charge in [0.2, 0.25) is 0 Å². The van der Waals surface area contributed by atoms with E-state index >= 15 is 0 Å². The molecule has 1 aromatic heterocycles. The van der Waals surface area contributed by atoms with Crippen LogP contribution in [0.3, 0.4) is 0 Å². The maximum absolute atomic E-state index is 12.2. The Bertz CT molecular complexity index is 337. The minimum Gasteiger partial charge on any atom is -0.357 e. The van der Waals surface area contributed by atoms with E-state index in [4.69, 9.17) is 11.6 Å². The van der Waals surface area contributed by atoms with Gasteiger partial charge in [-0.15, -0.1) is 21.8 Å². The summed E-state index contributed by atoms with van der Waals surface area (Å²) in [7, 11) is 1.69. The lowest BCUT2D eigenvalue weighted by Crippen LogP contribution is -2.25. The number of aromatic nitrogens is 2. The van der Waals surface area contributed by atoms with Crippen LogP contribution in [-0.2, 0) is 6.18 Å². The zero-order chi connectivity index (χ0) is 12.3. The normalized spacial score (nSPS) is 13.6. The molecule has 1 unspecified atom stereocenters. The maximum atomic E-state index is 12.2. The molecule has 0 aliphatic rings. The molecule has 1 aromatic rings. The second kappa shape index (κ2) is 4.86. The van der Waals surface area contributed by atoms with Crippen LogP contribution in [0.15, 0.2) is 12.1 Å². The van der Waals surface area contributed by atoms with Gasteiger partial charge in [-0.25, -0.2) is 0 Å². The van der Waals surface area contributed by atoms with Crippen molar-refractivity contribution in [2.24, 2.45) is 0 Å². The monoisotopic (exact) mass is 253 g/mol. The predicted octanol–water partition coefficient (Wildman–Crippen LogP) is 2.56. The SMILES string of the molecule is CC(Cl)CN(C)c1ccc(C(F)(F)F)nn1. The van der Waals surface area contributed by atoms with Crippen LogP contribution in [0.1, 0.15) is 12.6 Å². The van der Waals surface area contributed by atoms with Crippen LogP contribution >= 0.6 is 11.6 Å². The Hall–Kier alpha value is -1.04. The quantitative estimate of drug-likeness (QED) is 0.776. The highest BCUT2D eigenvalue weighted by Gasteiger charge is 2.32. The summed E-state index contributed by atoms with van der Waals surface area (Å²) in [6.45, 7) is 2.27. The van der Waals surface area contributed by atoms with Gasteiger partial charge in [-0.1, -0.05) is 0 Å². The number of hydrogen-bond donors (Lipinski definition) is 0. The van der Waals surface area contributed by atoms with Crippen LogP contribution in [0.5, 0.6) is 0 Å². The highest BCUT2D eigenvalue weighted by molar-refractivity contribution is 6.20. The van der Waals surface area contributed by atoms with Crippen LogP contribution in [0.4, 0.5) is 19.0 Å². The molecule has 0 saturated carbocycles. The molecule has 0 spiro atoms. The Morgan fingerprint density at radius 2 is 2.00 bits per heavy atom. The lowest BCUT2D eigenvalue weighted by Gasteiger charge is -2.18. The molecule has 1 rings (SSSR count). The fraction of sp³-hybridized carbons (Fsp3) is 0.556. The third-order valence-corrected chi connectivity index (χ3v) is 2.00.